The van der Waals surface area contributed by atoms with Gasteiger partial charge in [0.25, 0.3) is 5.56 Å². The van der Waals surface area contributed by atoms with E-state index in [1.54, 1.807) is 10.1 Å². The summed E-state index contributed by atoms with van der Waals surface area (Å²) in [6.07, 6.45) is 3.37. The highest BCUT2D eigenvalue weighted by molar-refractivity contribution is 7.16. The van der Waals surface area contributed by atoms with Gasteiger partial charge in [0, 0.05) is 28.5 Å². The molecule has 0 amide bonds. The van der Waals surface area contributed by atoms with Crippen LogP contribution in [0.15, 0.2) is 108 Å². The highest BCUT2D eigenvalue weighted by Gasteiger charge is 2.20. The smallest absolute Gasteiger partial charge is 0.263 e. The predicted octanol–water partition coefficient (Wildman–Crippen LogP) is 6.78. The van der Waals surface area contributed by atoms with E-state index in [0.717, 1.165) is 49.1 Å². The molecule has 0 fully saturated rings. The van der Waals surface area contributed by atoms with Crippen LogP contribution in [0.3, 0.4) is 0 Å². The summed E-state index contributed by atoms with van der Waals surface area (Å²) in [7, 11) is 0. The van der Waals surface area contributed by atoms with Crippen molar-refractivity contribution in [2.24, 2.45) is 0 Å². The summed E-state index contributed by atoms with van der Waals surface area (Å²) < 4.78 is 1.79. The molecule has 0 saturated carbocycles. The largest absolute Gasteiger partial charge is 0.360 e. The van der Waals surface area contributed by atoms with Crippen LogP contribution in [0.2, 0.25) is 0 Å². The molecule has 188 valence electrons. The average Bonchev–Trinajstić information content (AvgIpc) is 3.47. The molecule has 4 heterocycles. The van der Waals surface area contributed by atoms with Crippen LogP contribution in [-0.2, 0) is 0 Å². The van der Waals surface area contributed by atoms with Gasteiger partial charge < -0.3 is 5.32 Å². The van der Waals surface area contributed by atoms with Crippen LogP contribution < -0.4 is 10.9 Å². The third-order valence-corrected chi connectivity index (χ3v) is 7.66. The Morgan fingerprint density at radius 2 is 1.67 bits per heavy atom. The van der Waals surface area contributed by atoms with Crippen LogP contribution >= 0.6 is 11.3 Å². The minimum absolute atomic E-state index is 0.0902. The van der Waals surface area contributed by atoms with Crippen molar-refractivity contribution in [2.75, 3.05) is 5.32 Å². The number of rotatable bonds is 5. The standard InChI is InChI=1S/C31H22N6OS/c1-19(36-29-28-30(34-17-33-29)39-18-35-28)26-15-21-9-7-12-24(22-14-20-8-5-6-13-25(20)32-16-22)27(21)31(38)37(26)23-10-3-2-4-11-23/h2-19H,1H3,(H,33,34,36). The lowest BCUT2D eigenvalue weighted by Crippen LogP contribution is -2.26. The van der Waals surface area contributed by atoms with Crippen LogP contribution in [0.25, 0.3) is 48.8 Å². The Bertz CT molecular complexity index is 2050. The third kappa shape index (κ3) is 4.02. The quantitative estimate of drug-likeness (QED) is 0.266. The molecule has 1 unspecified atom stereocenters. The van der Waals surface area contributed by atoms with Crippen molar-refractivity contribution in [2.45, 2.75) is 13.0 Å². The zero-order valence-electron chi connectivity index (χ0n) is 20.9. The minimum atomic E-state index is -0.256. The van der Waals surface area contributed by atoms with Gasteiger partial charge in [0.1, 0.15) is 16.7 Å². The molecule has 8 heteroatoms. The van der Waals surface area contributed by atoms with Crippen LogP contribution in [0, 0.1) is 0 Å². The lowest BCUT2D eigenvalue weighted by atomic mass is 9.98. The van der Waals surface area contributed by atoms with E-state index in [2.05, 4.69) is 37.4 Å². The summed E-state index contributed by atoms with van der Waals surface area (Å²) in [6.45, 7) is 2.03. The highest BCUT2D eigenvalue weighted by Crippen LogP contribution is 2.32. The minimum Gasteiger partial charge on any atom is -0.360 e. The van der Waals surface area contributed by atoms with Crippen molar-refractivity contribution in [3.8, 4) is 16.8 Å². The van der Waals surface area contributed by atoms with Gasteiger partial charge in [-0.2, -0.15) is 0 Å². The number of nitrogens with zero attached hydrogens (tertiary/aromatic N) is 5. The molecule has 0 saturated heterocycles. The molecule has 0 spiro atoms. The maximum Gasteiger partial charge on any atom is 0.263 e. The number of hydrogen-bond donors (Lipinski definition) is 1. The second kappa shape index (κ2) is 9.41. The highest BCUT2D eigenvalue weighted by atomic mass is 32.1. The molecule has 0 aliphatic rings. The van der Waals surface area contributed by atoms with E-state index in [4.69, 9.17) is 0 Å². The molecule has 0 radical (unpaired) electrons. The van der Waals surface area contributed by atoms with E-state index in [1.165, 1.54) is 17.7 Å². The Balaban J connectivity index is 1.44. The summed E-state index contributed by atoms with van der Waals surface area (Å²) in [5.41, 5.74) is 6.67. The van der Waals surface area contributed by atoms with E-state index < -0.39 is 0 Å². The fraction of sp³-hybridized carbons (Fsp3) is 0.0645. The lowest BCUT2D eigenvalue weighted by Gasteiger charge is -2.22. The Kier molecular flexibility index (Phi) is 5.60. The number of benzene rings is 3. The Labute approximate surface area is 227 Å². The molecule has 1 N–H and O–H groups in total. The Morgan fingerprint density at radius 1 is 0.846 bits per heavy atom. The summed E-state index contributed by atoms with van der Waals surface area (Å²) in [4.78, 5) is 33.1. The summed E-state index contributed by atoms with van der Waals surface area (Å²) in [6, 6.07) is 27.6. The lowest BCUT2D eigenvalue weighted by molar-refractivity contribution is 0.774. The second-order valence-corrected chi connectivity index (χ2v) is 10.2. The number of thiazole rings is 1. The van der Waals surface area contributed by atoms with Gasteiger partial charge >= 0.3 is 0 Å². The van der Waals surface area contributed by atoms with E-state index in [-0.39, 0.29) is 11.6 Å². The fourth-order valence-electron chi connectivity index (χ4n) is 5.08. The molecule has 39 heavy (non-hydrogen) atoms. The topological polar surface area (TPSA) is 85.6 Å². The molecule has 0 aliphatic heterocycles. The molecule has 3 aromatic carbocycles. The number of para-hydroxylation sites is 2. The monoisotopic (exact) mass is 526 g/mol. The van der Waals surface area contributed by atoms with Gasteiger partial charge in [-0.25, -0.2) is 15.0 Å². The molecular formula is C31H22N6OS. The van der Waals surface area contributed by atoms with E-state index in [1.807, 2.05) is 85.9 Å². The first kappa shape index (κ1) is 23.2. The van der Waals surface area contributed by atoms with Crippen molar-refractivity contribution in [3.05, 3.63) is 119 Å². The van der Waals surface area contributed by atoms with Crippen molar-refractivity contribution in [3.63, 3.8) is 0 Å². The summed E-state index contributed by atoms with van der Waals surface area (Å²) in [5.74, 6) is 0.636. The molecule has 7 nitrogen and oxygen atoms in total. The van der Waals surface area contributed by atoms with Crippen LogP contribution in [0.4, 0.5) is 5.82 Å². The Morgan fingerprint density at radius 3 is 2.56 bits per heavy atom. The van der Waals surface area contributed by atoms with Crippen molar-refractivity contribution >= 4 is 49.2 Å². The molecule has 1 atom stereocenters. The SMILES string of the molecule is CC(Nc1ncnc2scnc12)c1cc2cccc(-c3cnc4ccccc4c3)c2c(=O)n1-c1ccccc1. The van der Waals surface area contributed by atoms with Gasteiger partial charge in [0.2, 0.25) is 0 Å². The van der Waals surface area contributed by atoms with Crippen LogP contribution in [-0.4, -0.2) is 24.5 Å². The molecular weight excluding hydrogens is 504 g/mol. The zero-order valence-corrected chi connectivity index (χ0v) is 21.8. The fourth-order valence-corrected chi connectivity index (χ4v) is 5.71. The predicted molar refractivity (Wildman–Crippen MR) is 158 cm³/mol. The van der Waals surface area contributed by atoms with Crippen molar-refractivity contribution < 1.29 is 0 Å². The van der Waals surface area contributed by atoms with Crippen molar-refractivity contribution in [1.29, 1.82) is 0 Å². The maximum atomic E-state index is 14.4. The Hall–Kier alpha value is -4.95. The van der Waals surface area contributed by atoms with Gasteiger partial charge in [0.15, 0.2) is 5.82 Å². The number of pyridine rings is 2. The van der Waals surface area contributed by atoms with Gasteiger partial charge in [-0.3, -0.25) is 14.3 Å². The van der Waals surface area contributed by atoms with Crippen molar-refractivity contribution in [1.82, 2.24) is 24.5 Å². The van der Waals surface area contributed by atoms with Gasteiger partial charge in [-0.05, 0) is 48.2 Å². The summed E-state index contributed by atoms with van der Waals surface area (Å²) >= 11 is 1.47. The zero-order chi connectivity index (χ0) is 26.3. The number of hydrogen-bond acceptors (Lipinski definition) is 7. The van der Waals surface area contributed by atoms with E-state index >= 15 is 0 Å². The number of nitrogens with one attached hydrogen (secondary N) is 1. The molecule has 4 aromatic heterocycles. The van der Waals surface area contributed by atoms with E-state index in [0.29, 0.717) is 11.2 Å². The average molecular weight is 527 g/mol. The van der Waals surface area contributed by atoms with Gasteiger partial charge in [-0.15, -0.1) is 11.3 Å². The van der Waals surface area contributed by atoms with Crippen LogP contribution in [0.5, 0.6) is 0 Å². The normalized spacial score (nSPS) is 12.2. The molecule has 7 aromatic rings. The second-order valence-electron chi connectivity index (χ2n) is 9.33. The first-order valence-electron chi connectivity index (χ1n) is 12.6. The first-order chi connectivity index (χ1) is 19.2. The molecule has 0 aliphatic carbocycles. The third-order valence-electron chi connectivity index (χ3n) is 6.92. The number of fused-ring (bicyclic) bond motifs is 3. The maximum absolute atomic E-state index is 14.4. The van der Waals surface area contributed by atoms with Gasteiger partial charge in [0.05, 0.1) is 22.5 Å². The number of anilines is 1. The summed E-state index contributed by atoms with van der Waals surface area (Å²) in [5, 5.41) is 6.02. The first-order valence-corrected chi connectivity index (χ1v) is 13.5. The molecule has 0 bridgehead atoms. The van der Waals surface area contributed by atoms with Gasteiger partial charge in [-0.1, -0.05) is 54.6 Å². The number of aromatic nitrogens is 5. The van der Waals surface area contributed by atoms with E-state index in [9.17, 15) is 4.79 Å². The van der Waals surface area contributed by atoms with Crippen LogP contribution in [0.1, 0.15) is 18.7 Å². The molecule has 7 rings (SSSR count).